The van der Waals surface area contributed by atoms with Crippen molar-refractivity contribution in [3.8, 4) is 158 Å². The molecule has 2 aliphatic carbocycles. The first-order valence-electron chi connectivity index (χ1n) is 43.5. The molecule has 8 nitrogen and oxygen atoms in total. The minimum atomic E-state index is -0.551. The minimum absolute atomic E-state index is 0.547. The van der Waals surface area contributed by atoms with E-state index in [0.717, 1.165) is 179 Å². The van der Waals surface area contributed by atoms with Crippen LogP contribution < -0.4 is 9.47 Å². The van der Waals surface area contributed by atoms with Gasteiger partial charge in [-0.25, -0.2) is 29.9 Å². The molecule has 128 heavy (non-hydrogen) atoms. The van der Waals surface area contributed by atoms with Gasteiger partial charge in [-0.1, -0.05) is 394 Å². The molecule has 0 atom stereocenters. The van der Waals surface area contributed by atoms with E-state index in [4.69, 9.17) is 39.4 Å². The van der Waals surface area contributed by atoms with Gasteiger partial charge in [-0.3, -0.25) is 0 Å². The zero-order chi connectivity index (χ0) is 84.4. The van der Waals surface area contributed by atoms with Crippen molar-refractivity contribution in [1.29, 1.82) is 0 Å². The quantitative estimate of drug-likeness (QED) is 0.125. The number of benzene rings is 18. The molecule has 0 N–H and O–H groups in total. The fourth-order valence-corrected chi connectivity index (χ4v) is 20.7. The van der Waals surface area contributed by atoms with Crippen molar-refractivity contribution in [2.24, 2.45) is 0 Å². The number of para-hydroxylation sites is 6. The molecule has 0 fully saturated rings. The fraction of sp³-hybridized carbons (Fsp3) is 0.0167. The Bertz CT molecular complexity index is 8020. The third kappa shape index (κ3) is 11.8. The Morgan fingerprint density at radius 3 is 0.859 bits per heavy atom. The van der Waals surface area contributed by atoms with Crippen LogP contribution in [0.15, 0.2) is 449 Å². The van der Waals surface area contributed by atoms with Crippen LogP contribution in [0.2, 0.25) is 0 Å². The highest BCUT2D eigenvalue weighted by Gasteiger charge is 2.53. The molecule has 22 aromatic rings. The van der Waals surface area contributed by atoms with Crippen molar-refractivity contribution in [2.45, 2.75) is 10.8 Å². The predicted octanol–water partition coefficient (Wildman–Crippen LogP) is 30.0. The summed E-state index contributed by atoms with van der Waals surface area (Å²) >= 11 is 0. The van der Waals surface area contributed by atoms with Crippen LogP contribution in [0.5, 0.6) is 23.0 Å². The van der Waals surface area contributed by atoms with Crippen molar-refractivity contribution in [3.63, 3.8) is 0 Å². The van der Waals surface area contributed by atoms with E-state index in [1.54, 1.807) is 0 Å². The second kappa shape index (κ2) is 30.0. The van der Waals surface area contributed by atoms with Crippen LogP contribution in [0.3, 0.4) is 0 Å². The molecule has 0 saturated heterocycles. The molecule has 8 heteroatoms. The fourth-order valence-electron chi connectivity index (χ4n) is 20.7. The maximum absolute atomic E-state index is 6.63. The first-order chi connectivity index (χ1) is 63.4. The predicted molar refractivity (Wildman–Crippen MR) is 519 cm³/mol. The van der Waals surface area contributed by atoms with Gasteiger partial charge in [0.25, 0.3) is 0 Å². The SMILES string of the molecule is c1ccc(-c2cc(-c3ccc(-c4ccc(-c5nc6ccccc6c6c7c(ccc56)C5(c6ccccc6Oc6ccccc65)c5ccccc5-7)cc4)cc3)nc(-c3ccccc3)n2)cc1.c1ccc(-c2cc(-c3cccc(-c4ccc(-c5nc6ccccc6c6c7c(ccc56)C5(c6ccccc6Oc6ccccc65)c5ccccc5-7)cc4)c3)nc(-c3ccccc3)n2)cc1. The number of ether oxygens (including phenoxy) is 2. The summed E-state index contributed by atoms with van der Waals surface area (Å²) in [6.45, 7) is 0. The highest BCUT2D eigenvalue weighted by molar-refractivity contribution is 6.21. The Kier molecular flexibility index (Phi) is 17.3. The van der Waals surface area contributed by atoms with Crippen molar-refractivity contribution in [1.82, 2.24) is 29.9 Å². The summed E-state index contributed by atoms with van der Waals surface area (Å²) in [4.78, 5) is 31.0. The Hall–Kier alpha value is -16.9. The average Bonchev–Trinajstić information content (AvgIpc) is 1.51. The molecule has 0 bridgehead atoms. The van der Waals surface area contributed by atoms with E-state index in [1.807, 2.05) is 72.8 Å². The Morgan fingerprint density at radius 2 is 0.461 bits per heavy atom. The lowest BCUT2D eigenvalue weighted by molar-refractivity contribution is 0.436. The molecule has 26 rings (SSSR count). The maximum Gasteiger partial charge on any atom is 0.160 e. The van der Waals surface area contributed by atoms with Crippen LogP contribution >= 0.6 is 0 Å². The van der Waals surface area contributed by atoms with Gasteiger partial charge in [-0.15, -0.1) is 0 Å². The monoisotopic (exact) mass is 1630 g/mol. The number of aromatic nitrogens is 6. The summed E-state index contributed by atoms with van der Waals surface area (Å²) in [5.41, 5.74) is 33.8. The second-order valence-corrected chi connectivity index (χ2v) is 33.3. The highest BCUT2D eigenvalue weighted by Crippen LogP contribution is 2.66. The lowest BCUT2D eigenvalue weighted by Crippen LogP contribution is -2.32. The molecule has 0 radical (unpaired) electrons. The maximum atomic E-state index is 6.63. The van der Waals surface area contributed by atoms with Gasteiger partial charge in [0.1, 0.15) is 23.0 Å². The number of nitrogens with zero attached hydrogens (tertiary/aromatic N) is 6. The van der Waals surface area contributed by atoms with Crippen molar-refractivity contribution >= 4 is 43.4 Å². The molecule has 0 unspecified atom stereocenters. The van der Waals surface area contributed by atoms with E-state index >= 15 is 0 Å². The Labute approximate surface area is 739 Å². The summed E-state index contributed by atoms with van der Waals surface area (Å²) in [5.74, 6) is 4.97. The molecular formula is C120H74N6O2. The van der Waals surface area contributed by atoms with Gasteiger partial charge in [0.05, 0.1) is 56.0 Å². The van der Waals surface area contributed by atoms with Crippen molar-refractivity contribution in [3.05, 3.63) is 493 Å². The normalized spacial score (nSPS) is 12.9. The molecule has 6 heterocycles. The van der Waals surface area contributed by atoms with Crippen LogP contribution in [-0.4, -0.2) is 29.9 Å². The largest absolute Gasteiger partial charge is 0.457 e. The number of hydrogen-bond donors (Lipinski definition) is 0. The van der Waals surface area contributed by atoms with Gasteiger partial charge >= 0.3 is 0 Å². The smallest absolute Gasteiger partial charge is 0.160 e. The molecule has 0 saturated carbocycles. The number of pyridine rings is 2. The molecule has 18 aromatic carbocycles. The lowest BCUT2D eigenvalue weighted by Gasteiger charge is -2.39. The van der Waals surface area contributed by atoms with Crippen LogP contribution in [0.25, 0.3) is 178 Å². The second-order valence-electron chi connectivity index (χ2n) is 33.3. The van der Waals surface area contributed by atoms with Gasteiger partial charge in [-0.2, -0.15) is 0 Å². The van der Waals surface area contributed by atoms with Gasteiger partial charge in [0.2, 0.25) is 0 Å². The first kappa shape index (κ1) is 73.8. The number of fused-ring (bicyclic) bond motifs is 26. The minimum Gasteiger partial charge on any atom is -0.457 e. The van der Waals surface area contributed by atoms with Crippen molar-refractivity contribution < 1.29 is 9.47 Å². The van der Waals surface area contributed by atoms with Gasteiger partial charge in [-0.05, 0) is 121 Å². The van der Waals surface area contributed by atoms with E-state index in [0.29, 0.717) is 11.6 Å². The van der Waals surface area contributed by atoms with Crippen LogP contribution in [0.1, 0.15) is 44.5 Å². The molecular weight excluding hydrogens is 1560 g/mol. The van der Waals surface area contributed by atoms with E-state index in [9.17, 15) is 0 Å². The summed E-state index contributed by atoms with van der Waals surface area (Å²) in [6, 6.07) is 159. The number of rotatable bonds is 10. The molecule has 2 spiro atoms. The molecule has 4 aromatic heterocycles. The van der Waals surface area contributed by atoms with E-state index in [-0.39, 0.29) is 0 Å². The molecule has 4 aliphatic rings. The van der Waals surface area contributed by atoms with Crippen LogP contribution in [0, 0.1) is 0 Å². The van der Waals surface area contributed by atoms with Gasteiger partial charge < -0.3 is 9.47 Å². The van der Waals surface area contributed by atoms with E-state index in [1.165, 1.54) is 55.3 Å². The summed E-state index contributed by atoms with van der Waals surface area (Å²) in [5, 5.41) is 6.98. The third-order valence-corrected chi connectivity index (χ3v) is 26.3. The van der Waals surface area contributed by atoms with Gasteiger partial charge in [0.15, 0.2) is 11.6 Å². The third-order valence-electron chi connectivity index (χ3n) is 26.3. The Balaban J connectivity index is 0.000000139. The standard InChI is InChI=1S/2C60H37N3O/c1-3-16-39(17-4-1)52-37-53(63-59(62-52)41-18-5-2-6-19-41)43-21-15-20-42(36-43)38-30-32-40(33-31-38)58-46-34-35-50-57(56(46)45-23-8-12-27-51(45)61-58)44-22-7-9-24-47(44)60(50)48-25-10-13-28-54(48)64-55-29-14-11-26-49(55)60;1-3-15-40(16-4-1)52-37-53(63-59(62-52)43-17-5-2-6-18-43)41-31-27-38(28-32-41)39-29-33-42(34-30-39)58-46-35-36-50-57(56(46)45-20-8-12-24-51(45)61-58)44-19-7-9-21-47(44)60(50)48-22-10-13-25-54(48)64-55-26-14-11-23-49(55)60/h2*1-37H. The average molecular weight is 1630 g/mol. The van der Waals surface area contributed by atoms with Gasteiger partial charge in [0, 0.05) is 99.1 Å². The Morgan fingerprint density at radius 1 is 0.172 bits per heavy atom. The first-order valence-corrected chi connectivity index (χ1v) is 43.5. The summed E-state index contributed by atoms with van der Waals surface area (Å²) in [7, 11) is 0. The molecule has 2 aliphatic heterocycles. The summed E-state index contributed by atoms with van der Waals surface area (Å²) < 4.78 is 13.2. The van der Waals surface area contributed by atoms with Crippen LogP contribution in [-0.2, 0) is 10.8 Å². The van der Waals surface area contributed by atoms with E-state index < -0.39 is 10.8 Å². The molecule has 0 amide bonds. The number of hydrogen-bond acceptors (Lipinski definition) is 8. The lowest BCUT2D eigenvalue weighted by atomic mass is 9.66. The molecule has 596 valence electrons. The summed E-state index contributed by atoms with van der Waals surface area (Å²) in [6.07, 6.45) is 0. The zero-order valence-corrected chi connectivity index (χ0v) is 69.2. The van der Waals surface area contributed by atoms with E-state index in [2.05, 4.69) is 376 Å². The van der Waals surface area contributed by atoms with Crippen LogP contribution in [0.4, 0.5) is 0 Å². The zero-order valence-electron chi connectivity index (χ0n) is 69.2. The van der Waals surface area contributed by atoms with Crippen molar-refractivity contribution in [2.75, 3.05) is 0 Å². The topological polar surface area (TPSA) is 95.8 Å². The highest BCUT2D eigenvalue weighted by atomic mass is 16.5.